The van der Waals surface area contributed by atoms with Gasteiger partial charge in [0.25, 0.3) is 0 Å². The SMILES string of the molecule is C=Cc1c2[n-]c(c1C)/C=C1/[N-]C(C3=c4[n-]/c(c(C)c4C(=O)[C@@H]3C(=O)OC)=C\c3[n-]c(/c(=C/O)c3CC)=C\2)[C@@H](CCC(=O)OC/C=C\C)[C@@H]1C.[Mg+2]. The van der Waals surface area contributed by atoms with Gasteiger partial charge in [0.15, 0.2) is 5.78 Å². The monoisotopic (exact) mass is 684 g/mol. The second-order valence-electron chi connectivity index (χ2n) is 12.7. The summed E-state index contributed by atoms with van der Waals surface area (Å²) in [6.45, 7) is 13.9. The molecule has 10 nitrogen and oxygen atoms in total. The Bertz CT molecular complexity index is 2200. The summed E-state index contributed by atoms with van der Waals surface area (Å²) in [6.07, 6.45) is 13.1. The average molecular weight is 685 g/mol. The molecule has 11 heteroatoms. The van der Waals surface area contributed by atoms with Crippen molar-refractivity contribution in [3.8, 4) is 0 Å². The van der Waals surface area contributed by atoms with Crippen LogP contribution in [0.2, 0.25) is 0 Å². The van der Waals surface area contributed by atoms with E-state index in [0.717, 1.165) is 28.6 Å². The Balaban J connectivity index is 0.00000486. The van der Waals surface area contributed by atoms with Gasteiger partial charge in [0, 0.05) is 12.0 Å². The topological polar surface area (TPSA) is 146 Å². The third-order valence-electron chi connectivity index (χ3n) is 10.1. The van der Waals surface area contributed by atoms with E-state index < -0.39 is 17.9 Å². The molecule has 3 aliphatic rings. The van der Waals surface area contributed by atoms with Crippen LogP contribution >= 0.6 is 0 Å². The molecule has 0 amide bonds. The van der Waals surface area contributed by atoms with Crippen molar-refractivity contribution >= 4 is 76.9 Å². The summed E-state index contributed by atoms with van der Waals surface area (Å²) in [5, 5.41) is 17.6. The van der Waals surface area contributed by atoms with Gasteiger partial charge in [0.05, 0.1) is 13.4 Å². The van der Waals surface area contributed by atoms with E-state index in [9.17, 15) is 19.5 Å². The van der Waals surface area contributed by atoms with Crippen LogP contribution in [-0.2, 0) is 25.5 Å². The number of aromatic nitrogens is 3. The molecule has 3 aromatic rings. The molecular formula is C39H40MgN4O6-2. The summed E-state index contributed by atoms with van der Waals surface area (Å²) in [5.41, 5.74) is 6.69. The van der Waals surface area contributed by atoms with Gasteiger partial charge in [-0.15, -0.1) is 33.1 Å². The molecule has 1 N–H and O–H groups in total. The third kappa shape index (κ3) is 6.10. The van der Waals surface area contributed by atoms with Crippen molar-refractivity contribution in [1.29, 1.82) is 0 Å². The summed E-state index contributed by atoms with van der Waals surface area (Å²) < 4.78 is 10.6. The van der Waals surface area contributed by atoms with Gasteiger partial charge >= 0.3 is 35.0 Å². The number of carbonyl (C=O) groups excluding carboxylic acids is 3. The molecular weight excluding hydrogens is 645 g/mol. The number of ether oxygens (including phenoxy) is 2. The molecule has 6 rings (SSSR count). The maximum absolute atomic E-state index is 14.1. The van der Waals surface area contributed by atoms with Gasteiger partial charge < -0.3 is 34.8 Å². The molecule has 1 saturated heterocycles. The van der Waals surface area contributed by atoms with Crippen LogP contribution in [0, 0.1) is 31.6 Å². The number of ketones is 1. The van der Waals surface area contributed by atoms with Gasteiger partial charge in [0.1, 0.15) is 12.5 Å². The number of aliphatic hydroxyl groups excluding tert-OH is 1. The van der Waals surface area contributed by atoms with Crippen molar-refractivity contribution in [3.63, 3.8) is 0 Å². The first-order valence-electron chi connectivity index (χ1n) is 16.6. The predicted octanol–water partition coefficient (Wildman–Crippen LogP) is 2.35. The molecule has 4 atom stereocenters. The Morgan fingerprint density at radius 2 is 1.78 bits per heavy atom. The zero-order valence-electron chi connectivity index (χ0n) is 29.4. The van der Waals surface area contributed by atoms with Crippen LogP contribution in [0.3, 0.4) is 0 Å². The average Bonchev–Trinajstić information content (AvgIpc) is 3.84. The first-order chi connectivity index (χ1) is 23.6. The number of hydrogen-bond donors (Lipinski definition) is 1. The van der Waals surface area contributed by atoms with Gasteiger partial charge in [-0.05, 0) is 56.2 Å². The fraction of sp³-hybridized carbons (Fsp3) is 0.359. The standard InChI is InChI=1S/C39H40N4O6.Mg/c1-8-11-14-49-32(45)13-12-24-20(5)27-15-26-19(4)22(9-2)29(40-26)17-31-25(18-44)23(10-3)30(41-31)16-28-21(6)33-37(43-28)34(36(24)42-27)35(38(33)46)39(47)48-7;/h8-9,11,15-18,20,24,35-36H,2,10,12-14H2,1,3-7H3,(H,44,46);/q-4;+2/b11-8-,27-15+,31-17-;/t20-,24-,35+,36?;/m0./s1. The molecule has 0 saturated carbocycles. The molecule has 256 valence electrons. The number of nitrogens with zero attached hydrogens (tertiary/aromatic N) is 4. The predicted molar refractivity (Wildman–Crippen MR) is 193 cm³/mol. The van der Waals surface area contributed by atoms with Crippen LogP contribution in [0.25, 0.3) is 41.5 Å². The van der Waals surface area contributed by atoms with Crippen LogP contribution in [0.1, 0.15) is 83.3 Å². The van der Waals surface area contributed by atoms with Crippen LogP contribution in [0.5, 0.6) is 0 Å². The molecule has 50 heavy (non-hydrogen) atoms. The van der Waals surface area contributed by atoms with E-state index in [0.29, 0.717) is 67.9 Å². The molecule has 0 radical (unpaired) electrons. The summed E-state index contributed by atoms with van der Waals surface area (Å²) >= 11 is 0. The van der Waals surface area contributed by atoms with E-state index >= 15 is 0 Å². The van der Waals surface area contributed by atoms with E-state index in [1.165, 1.54) is 7.11 Å². The Kier molecular flexibility index (Phi) is 10.9. The normalized spacial score (nSPS) is 23.3. The number of allylic oxidation sites excluding steroid dienone is 2. The maximum Gasteiger partial charge on any atom is 2.00 e. The molecule has 1 fully saturated rings. The number of fused-ring (bicyclic) bond motifs is 8. The van der Waals surface area contributed by atoms with Crippen LogP contribution in [-0.4, -0.2) is 65.6 Å². The molecule has 8 bridgehead atoms. The zero-order chi connectivity index (χ0) is 35.1. The first-order valence-corrected chi connectivity index (χ1v) is 16.6. The van der Waals surface area contributed by atoms with Crippen molar-refractivity contribution < 1.29 is 29.0 Å². The van der Waals surface area contributed by atoms with E-state index in [1.54, 1.807) is 12.2 Å². The summed E-state index contributed by atoms with van der Waals surface area (Å²) in [7, 11) is 1.27. The number of Topliss-reactive ketones (excluding diaryl/α,β-unsaturated/α-hetero) is 1. The summed E-state index contributed by atoms with van der Waals surface area (Å²) in [4.78, 5) is 55.2. The number of esters is 2. The van der Waals surface area contributed by atoms with Gasteiger partial charge in [-0.3, -0.25) is 14.4 Å². The molecule has 0 aromatic carbocycles. The Morgan fingerprint density at radius 3 is 2.44 bits per heavy atom. The van der Waals surface area contributed by atoms with Gasteiger partial charge in [-0.2, -0.15) is 5.70 Å². The fourth-order valence-electron chi connectivity index (χ4n) is 7.45. The second kappa shape index (κ2) is 14.8. The molecule has 3 aromatic heterocycles. The smallest absolute Gasteiger partial charge is 0.681 e. The van der Waals surface area contributed by atoms with E-state index in [4.69, 9.17) is 29.7 Å². The number of hydrogen-bond acceptors (Lipinski definition) is 6. The maximum atomic E-state index is 14.1. The van der Waals surface area contributed by atoms with E-state index in [1.807, 2.05) is 58.9 Å². The molecule has 1 unspecified atom stereocenters. The first kappa shape index (κ1) is 36.8. The molecule has 0 spiro atoms. The molecule has 5 heterocycles. The van der Waals surface area contributed by atoms with Crippen LogP contribution < -0.4 is 36.2 Å². The van der Waals surface area contributed by atoms with E-state index in [-0.39, 0.29) is 59.7 Å². The number of methoxy groups -OCH3 is 1. The Hall–Kier alpha value is -4.48. The molecule has 1 aliphatic carbocycles. The summed E-state index contributed by atoms with van der Waals surface area (Å²) in [5.74, 6) is -3.04. The number of aliphatic hydroxyl groups is 1. The minimum absolute atomic E-state index is 0. The summed E-state index contributed by atoms with van der Waals surface area (Å²) in [6, 6.07) is -0.639. The number of carbonyl (C=O) groups is 3. The fourth-order valence-corrected chi connectivity index (χ4v) is 7.45. The number of rotatable bonds is 8. The van der Waals surface area contributed by atoms with Crippen molar-refractivity contribution in [3.05, 3.63) is 95.9 Å². The van der Waals surface area contributed by atoms with Crippen LogP contribution in [0.15, 0.2) is 24.4 Å². The Morgan fingerprint density at radius 1 is 1.04 bits per heavy atom. The van der Waals surface area contributed by atoms with E-state index in [2.05, 4.69) is 6.58 Å². The molecule has 2 aliphatic heterocycles. The van der Waals surface area contributed by atoms with Crippen molar-refractivity contribution in [2.45, 2.75) is 59.9 Å². The quantitative estimate of drug-likeness (QED) is 0.164. The van der Waals surface area contributed by atoms with Crippen molar-refractivity contribution in [1.82, 2.24) is 15.0 Å². The van der Waals surface area contributed by atoms with Gasteiger partial charge in [0.2, 0.25) is 0 Å². The van der Waals surface area contributed by atoms with Crippen LogP contribution in [0.4, 0.5) is 0 Å². The van der Waals surface area contributed by atoms with Gasteiger partial charge in [-0.25, -0.2) is 0 Å². The largest absolute Gasteiger partial charge is 2.00 e. The zero-order valence-corrected chi connectivity index (χ0v) is 30.8. The minimum Gasteiger partial charge on any atom is -0.681 e. The third-order valence-corrected chi connectivity index (χ3v) is 10.1. The van der Waals surface area contributed by atoms with Gasteiger partial charge in [-0.1, -0.05) is 85.2 Å². The van der Waals surface area contributed by atoms with Crippen molar-refractivity contribution in [2.75, 3.05) is 13.7 Å². The Labute approximate surface area is 307 Å². The van der Waals surface area contributed by atoms with Crippen molar-refractivity contribution in [2.24, 2.45) is 17.8 Å². The second-order valence-corrected chi connectivity index (χ2v) is 12.7. The minimum atomic E-state index is -1.21.